The van der Waals surface area contributed by atoms with E-state index in [-0.39, 0.29) is 19.3 Å². The minimum Gasteiger partial charge on any atom is -0.480 e. The van der Waals surface area contributed by atoms with Crippen molar-refractivity contribution in [1.82, 2.24) is 15.1 Å². The molecule has 0 aliphatic heterocycles. The molecule has 3 amide bonds. The summed E-state index contributed by atoms with van der Waals surface area (Å²) < 4.78 is 5.56. The second kappa shape index (κ2) is 15.0. The van der Waals surface area contributed by atoms with Crippen LogP contribution in [0.25, 0.3) is 0 Å². The lowest BCUT2D eigenvalue weighted by Gasteiger charge is -2.35. The van der Waals surface area contributed by atoms with E-state index in [4.69, 9.17) is 4.74 Å². The van der Waals surface area contributed by atoms with Crippen LogP contribution in [-0.2, 0) is 38.4 Å². The van der Waals surface area contributed by atoms with Gasteiger partial charge in [0.05, 0.1) is 0 Å². The van der Waals surface area contributed by atoms with E-state index >= 15 is 0 Å². The van der Waals surface area contributed by atoms with Crippen LogP contribution in [0, 0.1) is 0 Å². The molecule has 3 aromatic carbocycles. The number of nitrogens with zero attached hydrogens (tertiary/aromatic N) is 2. The normalized spacial score (nSPS) is 13.2. The molecule has 3 rings (SSSR count). The van der Waals surface area contributed by atoms with Crippen LogP contribution in [0.1, 0.15) is 37.5 Å². The lowest BCUT2D eigenvalue weighted by molar-refractivity contribution is -0.145. The molecule has 0 fully saturated rings. The highest BCUT2D eigenvalue weighted by atomic mass is 16.6. The maximum absolute atomic E-state index is 14.2. The number of nitrogens with one attached hydrogen (secondary N) is 1. The van der Waals surface area contributed by atoms with Gasteiger partial charge in [-0.15, -0.1) is 0 Å². The summed E-state index contributed by atoms with van der Waals surface area (Å²) in [4.78, 5) is 55.8. The van der Waals surface area contributed by atoms with Gasteiger partial charge in [-0.2, -0.15) is 0 Å². The van der Waals surface area contributed by atoms with E-state index in [0.29, 0.717) is 0 Å². The van der Waals surface area contributed by atoms with Gasteiger partial charge < -0.3 is 20.1 Å². The Balaban J connectivity index is 1.93. The van der Waals surface area contributed by atoms with E-state index in [1.54, 1.807) is 45.0 Å². The highest BCUT2D eigenvalue weighted by Crippen LogP contribution is 2.18. The molecule has 0 aliphatic rings. The van der Waals surface area contributed by atoms with E-state index in [2.05, 4.69) is 5.32 Å². The Labute approximate surface area is 253 Å². The summed E-state index contributed by atoms with van der Waals surface area (Å²) >= 11 is 0. The van der Waals surface area contributed by atoms with Crippen molar-refractivity contribution >= 4 is 23.9 Å². The van der Waals surface area contributed by atoms with Crippen molar-refractivity contribution in [3.05, 3.63) is 108 Å². The zero-order valence-electron chi connectivity index (χ0n) is 25.4. The predicted molar refractivity (Wildman–Crippen MR) is 164 cm³/mol. The van der Waals surface area contributed by atoms with Crippen LogP contribution in [0.4, 0.5) is 4.79 Å². The Morgan fingerprint density at radius 1 is 0.698 bits per heavy atom. The minimum atomic E-state index is -1.21. The van der Waals surface area contributed by atoms with Gasteiger partial charge in [0.2, 0.25) is 11.8 Å². The Kier molecular flexibility index (Phi) is 11.5. The number of hydrogen-bond acceptors (Lipinski definition) is 5. The number of amides is 3. The van der Waals surface area contributed by atoms with Crippen LogP contribution in [0.2, 0.25) is 0 Å². The first-order valence-corrected chi connectivity index (χ1v) is 14.2. The summed E-state index contributed by atoms with van der Waals surface area (Å²) in [6.07, 6.45) is -0.269. The first-order valence-electron chi connectivity index (χ1n) is 14.2. The van der Waals surface area contributed by atoms with Crippen molar-refractivity contribution in [1.29, 1.82) is 0 Å². The average Bonchev–Trinajstić information content (AvgIpc) is 2.98. The molecule has 0 spiro atoms. The second-order valence-corrected chi connectivity index (χ2v) is 11.5. The van der Waals surface area contributed by atoms with Gasteiger partial charge in [-0.05, 0) is 37.5 Å². The molecule has 3 aromatic rings. The maximum atomic E-state index is 14.2. The van der Waals surface area contributed by atoms with Gasteiger partial charge in [-0.1, -0.05) is 91.0 Å². The van der Waals surface area contributed by atoms with E-state index in [1.165, 1.54) is 23.9 Å². The summed E-state index contributed by atoms with van der Waals surface area (Å²) in [7, 11) is 3.00. The number of carbonyl (C=O) groups is 4. The third-order valence-electron chi connectivity index (χ3n) is 6.99. The number of rotatable bonds is 12. The molecule has 43 heavy (non-hydrogen) atoms. The fourth-order valence-electron chi connectivity index (χ4n) is 4.64. The molecule has 0 aromatic heterocycles. The van der Waals surface area contributed by atoms with Crippen LogP contribution in [-0.4, -0.2) is 76.6 Å². The Morgan fingerprint density at radius 2 is 1.12 bits per heavy atom. The largest absolute Gasteiger partial charge is 0.480 e. The first kappa shape index (κ1) is 32.8. The number of carboxylic acid groups (broad SMARTS) is 1. The predicted octanol–water partition coefficient (Wildman–Crippen LogP) is 4.35. The standard InChI is InChI=1S/C34H41N3O6/c1-34(2,3)43-33(42)37(5)29(23-26-19-13-8-14-20-26)31(39)36(4)28(22-25-17-11-7-12-18-25)30(38)35-27(32(40)41)21-24-15-9-6-10-16-24/h6-20,27-29H,21-23H2,1-5H3,(H,35,38)(H,40,41)/t27-,28-,29-/m0/s1. The average molecular weight is 588 g/mol. The van der Waals surface area contributed by atoms with Crippen LogP contribution >= 0.6 is 0 Å². The lowest BCUT2D eigenvalue weighted by Crippen LogP contribution is -2.58. The third-order valence-corrected chi connectivity index (χ3v) is 6.99. The number of aliphatic carboxylic acids is 1. The Hall–Kier alpha value is -4.66. The number of benzene rings is 3. The number of carbonyl (C=O) groups excluding carboxylic acids is 3. The maximum Gasteiger partial charge on any atom is 0.410 e. The number of hydrogen-bond donors (Lipinski definition) is 2. The molecular formula is C34H41N3O6. The molecule has 9 heteroatoms. The molecule has 0 saturated heterocycles. The molecule has 0 aliphatic carbocycles. The van der Waals surface area contributed by atoms with E-state index in [9.17, 15) is 24.3 Å². The van der Waals surface area contributed by atoms with E-state index in [1.807, 2.05) is 66.7 Å². The van der Waals surface area contributed by atoms with Gasteiger partial charge in [0.25, 0.3) is 0 Å². The van der Waals surface area contributed by atoms with Crippen molar-refractivity contribution in [2.75, 3.05) is 14.1 Å². The number of ether oxygens (including phenoxy) is 1. The highest BCUT2D eigenvalue weighted by Gasteiger charge is 2.37. The highest BCUT2D eigenvalue weighted by molar-refractivity contribution is 5.93. The van der Waals surface area contributed by atoms with Gasteiger partial charge in [0.15, 0.2) is 0 Å². The van der Waals surface area contributed by atoms with E-state index < -0.39 is 47.6 Å². The van der Waals surface area contributed by atoms with Gasteiger partial charge in [-0.3, -0.25) is 14.5 Å². The first-order chi connectivity index (χ1) is 20.4. The van der Waals surface area contributed by atoms with Crippen LogP contribution in [0.15, 0.2) is 91.0 Å². The van der Waals surface area contributed by atoms with Crippen molar-refractivity contribution < 1.29 is 29.0 Å². The molecular weight excluding hydrogens is 546 g/mol. The van der Waals surface area contributed by atoms with Crippen LogP contribution in [0.5, 0.6) is 0 Å². The third kappa shape index (κ3) is 9.99. The van der Waals surface area contributed by atoms with Gasteiger partial charge >= 0.3 is 12.1 Å². The molecule has 3 atom stereocenters. The number of carboxylic acids is 1. The molecule has 0 saturated carbocycles. The monoisotopic (exact) mass is 587 g/mol. The number of likely N-dealkylation sites (N-methyl/N-ethyl adjacent to an activating group) is 2. The molecule has 0 heterocycles. The van der Waals surface area contributed by atoms with Crippen LogP contribution in [0.3, 0.4) is 0 Å². The second-order valence-electron chi connectivity index (χ2n) is 11.5. The summed E-state index contributed by atoms with van der Waals surface area (Å²) in [5.41, 5.74) is 1.58. The van der Waals surface area contributed by atoms with Crippen molar-refractivity contribution in [2.24, 2.45) is 0 Å². The van der Waals surface area contributed by atoms with Crippen molar-refractivity contribution in [3.63, 3.8) is 0 Å². The fraction of sp³-hybridized carbons (Fsp3) is 0.353. The van der Waals surface area contributed by atoms with E-state index in [0.717, 1.165) is 16.7 Å². The smallest absolute Gasteiger partial charge is 0.410 e. The SMILES string of the molecule is CN(C(=O)OC(C)(C)C)[C@@H](Cc1ccccc1)C(=O)N(C)[C@@H](Cc1ccccc1)C(=O)N[C@@H](Cc1ccccc1)C(=O)O. The zero-order valence-corrected chi connectivity index (χ0v) is 25.4. The molecule has 2 N–H and O–H groups in total. The molecule has 0 unspecified atom stereocenters. The Bertz CT molecular complexity index is 1360. The Morgan fingerprint density at radius 3 is 1.53 bits per heavy atom. The van der Waals surface area contributed by atoms with Crippen molar-refractivity contribution in [2.45, 2.75) is 63.8 Å². The van der Waals surface area contributed by atoms with Gasteiger partial charge in [0, 0.05) is 33.4 Å². The van der Waals surface area contributed by atoms with Crippen LogP contribution < -0.4 is 5.32 Å². The fourth-order valence-corrected chi connectivity index (χ4v) is 4.64. The zero-order chi connectivity index (χ0) is 31.6. The molecule has 9 nitrogen and oxygen atoms in total. The minimum absolute atomic E-state index is 0.0790. The summed E-state index contributed by atoms with van der Waals surface area (Å²) in [6.45, 7) is 5.23. The molecule has 0 radical (unpaired) electrons. The molecule has 228 valence electrons. The topological polar surface area (TPSA) is 116 Å². The van der Waals surface area contributed by atoms with Gasteiger partial charge in [0.1, 0.15) is 23.7 Å². The lowest BCUT2D eigenvalue weighted by atomic mass is 9.99. The quantitative estimate of drug-likeness (QED) is 0.326. The summed E-state index contributed by atoms with van der Waals surface area (Å²) in [5, 5.41) is 12.6. The van der Waals surface area contributed by atoms with Gasteiger partial charge in [-0.25, -0.2) is 9.59 Å². The summed E-state index contributed by atoms with van der Waals surface area (Å²) in [5.74, 6) is -2.28. The molecule has 0 bridgehead atoms. The van der Waals surface area contributed by atoms with Crippen molar-refractivity contribution in [3.8, 4) is 0 Å². The summed E-state index contributed by atoms with van der Waals surface area (Å²) in [6, 6.07) is 24.2.